The number of esters is 1. The summed E-state index contributed by atoms with van der Waals surface area (Å²) in [7, 11) is -1.05. The third-order valence-electron chi connectivity index (χ3n) is 5.59. The van der Waals surface area contributed by atoms with Crippen LogP contribution in [0.3, 0.4) is 0 Å². The zero-order valence-corrected chi connectivity index (χ0v) is 19.5. The van der Waals surface area contributed by atoms with Gasteiger partial charge in [-0.1, -0.05) is 20.3 Å². The average molecular weight is 452 g/mol. The van der Waals surface area contributed by atoms with E-state index in [1.165, 1.54) is 30.7 Å². The Bertz CT molecular complexity index is 966. The molecule has 2 heterocycles. The lowest BCUT2D eigenvalue weighted by Crippen LogP contribution is -2.48. The van der Waals surface area contributed by atoms with Gasteiger partial charge in [0.1, 0.15) is 11.8 Å². The molecule has 0 unspecified atom stereocenters. The zero-order valence-electron chi connectivity index (χ0n) is 17.8. The number of methoxy groups -OCH3 is 2. The molecule has 2 atom stereocenters. The largest absolute Gasteiger partial charge is 0.497 e. The molecular weight excluding hydrogens is 422 g/mol. The van der Waals surface area contributed by atoms with Crippen molar-refractivity contribution in [1.82, 2.24) is 4.31 Å². The van der Waals surface area contributed by atoms with Gasteiger partial charge in [-0.05, 0) is 60.0 Å². The van der Waals surface area contributed by atoms with E-state index < -0.39 is 22.0 Å². The first kappa shape index (κ1) is 22.8. The molecule has 0 bridgehead atoms. The fourth-order valence-corrected chi connectivity index (χ4v) is 6.55. The summed E-state index contributed by atoms with van der Waals surface area (Å²) in [6.45, 7) is 4.49. The van der Waals surface area contributed by atoms with E-state index in [0.29, 0.717) is 18.1 Å². The van der Waals surface area contributed by atoms with Gasteiger partial charge in [-0.25, -0.2) is 8.42 Å². The van der Waals surface area contributed by atoms with Gasteiger partial charge in [-0.15, -0.1) is 11.3 Å². The SMILES string of the molecule is COC(=O)[C@H]1[C@H](CCC(C)C)c2ccsc2CCN1S(=O)(=O)c1ccc(OC)cc1. The molecule has 0 spiro atoms. The number of ether oxygens (including phenoxy) is 2. The van der Waals surface area contributed by atoms with Gasteiger partial charge in [0.2, 0.25) is 10.0 Å². The molecule has 1 aliphatic rings. The molecule has 0 aliphatic carbocycles. The number of carbonyl (C=O) groups excluding carboxylic acids is 1. The maximum atomic E-state index is 13.6. The van der Waals surface area contributed by atoms with E-state index in [1.807, 2.05) is 11.4 Å². The highest BCUT2D eigenvalue weighted by atomic mass is 32.2. The molecule has 1 aromatic heterocycles. The molecule has 0 N–H and O–H groups in total. The van der Waals surface area contributed by atoms with Crippen molar-refractivity contribution in [2.45, 2.75) is 50.0 Å². The Balaban J connectivity index is 2.07. The van der Waals surface area contributed by atoms with Crippen LogP contribution < -0.4 is 4.74 Å². The van der Waals surface area contributed by atoms with E-state index in [1.54, 1.807) is 23.5 Å². The van der Waals surface area contributed by atoms with Crippen molar-refractivity contribution in [1.29, 1.82) is 0 Å². The second-order valence-electron chi connectivity index (χ2n) is 7.89. The number of thiophene rings is 1. The molecule has 6 nitrogen and oxygen atoms in total. The normalized spacial score (nSPS) is 19.9. The van der Waals surface area contributed by atoms with Crippen LogP contribution in [0.25, 0.3) is 0 Å². The molecule has 1 aromatic carbocycles. The quantitative estimate of drug-likeness (QED) is 0.594. The fraction of sp³-hybridized carbons (Fsp3) is 0.500. The molecule has 1 aliphatic heterocycles. The number of carbonyl (C=O) groups is 1. The highest BCUT2D eigenvalue weighted by Crippen LogP contribution is 2.40. The van der Waals surface area contributed by atoms with Gasteiger partial charge in [0.05, 0.1) is 19.1 Å². The molecule has 3 rings (SSSR count). The standard InChI is InChI=1S/C22H29NO5S2/c1-15(2)5-10-19-18-12-14-29-20(18)11-13-23(21(19)22(24)28-4)30(25,26)17-8-6-16(27-3)7-9-17/h6-9,12,14-15,19,21H,5,10-11,13H2,1-4H3/t19-,21-/m1/s1. The van der Waals surface area contributed by atoms with E-state index in [0.717, 1.165) is 23.3 Å². The molecule has 164 valence electrons. The number of hydrogen-bond donors (Lipinski definition) is 0. The summed E-state index contributed by atoms with van der Waals surface area (Å²) in [6, 6.07) is 7.41. The van der Waals surface area contributed by atoms with Crippen molar-refractivity contribution >= 4 is 27.3 Å². The van der Waals surface area contributed by atoms with Crippen LogP contribution in [0.1, 0.15) is 43.0 Å². The van der Waals surface area contributed by atoms with E-state index in [4.69, 9.17) is 9.47 Å². The molecule has 0 saturated carbocycles. The van der Waals surface area contributed by atoms with E-state index in [9.17, 15) is 13.2 Å². The minimum atomic E-state index is -3.90. The summed E-state index contributed by atoms with van der Waals surface area (Å²) >= 11 is 1.62. The van der Waals surface area contributed by atoms with Crippen molar-refractivity contribution in [2.24, 2.45) is 5.92 Å². The van der Waals surface area contributed by atoms with Gasteiger partial charge in [0, 0.05) is 17.3 Å². The van der Waals surface area contributed by atoms with Crippen LogP contribution in [0.15, 0.2) is 40.6 Å². The van der Waals surface area contributed by atoms with Crippen molar-refractivity contribution in [3.8, 4) is 5.75 Å². The van der Waals surface area contributed by atoms with Crippen LogP contribution in [0.2, 0.25) is 0 Å². The summed E-state index contributed by atoms with van der Waals surface area (Å²) in [4.78, 5) is 14.2. The fourth-order valence-electron chi connectivity index (χ4n) is 3.99. The number of sulfonamides is 1. The van der Waals surface area contributed by atoms with Crippen molar-refractivity contribution in [3.63, 3.8) is 0 Å². The third kappa shape index (κ3) is 4.55. The molecule has 30 heavy (non-hydrogen) atoms. The van der Waals surface area contributed by atoms with Gasteiger partial charge in [-0.3, -0.25) is 4.79 Å². The summed E-state index contributed by atoms with van der Waals surface area (Å²) in [5.41, 5.74) is 1.07. The Morgan fingerprint density at radius 2 is 1.90 bits per heavy atom. The molecule has 8 heteroatoms. The predicted molar refractivity (Wildman–Crippen MR) is 118 cm³/mol. The maximum absolute atomic E-state index is 13.6. The third-order valence-corrected chi connectivity index (χ3v) is 8.49. The minimum Gasteiger partial charge on any atom is -0.497 e. The topological polar surface area (TPSA) is 72.9 Å². The average Bonchev–Trinajstić information content (AvgIpc) is 3.13. The molecule has 0 fully saturated rings. The monoisotopic (exact) mass is 451 g/mol. The van der Waals surface area contributed by atoms with Crippen molar-refractivity contribution in [3.05, 3.63) is 46.2 Å². The highest BCUT2D eigenvalue weighted by molar-refractivity contribution is 7.89. The maximum Gasteiger partial charge on any atom is 0.324 e. The van der Waals surface area contributed by atoms with Gasteiger partial charge in [0.25, 0.3) is 0 Å². The Kier molecular flexibility index (Phi) is 7.21. The first-order valence-electron chi connectivity index (χ1n) is 10.1. The lowest BCUT2D eigenvalue weighted by molar-refractivity contribution is -0.146. The summed E-state index contributed by atoms with van der Waals surface area (Å²) in [6.07, 6.45) is 2.19. The van der Waals surface area contributed by atoms with Gasteiger partial charge >= 0.3 is 5.97 Å². The minimum absolute atomic E-state index is 0.144. The van der Waals surface area contributed by atoms with Gasteiger partial charge in [0.15, 0.2) is 0 Å². The number of nitrogens with zero attached hydrogens (tertiary/aromatic N) is 1. The van der Waals surface area contributed by atoms with Crippen LogP contribution in [-0.2, 0) is 26.0 Å². The van der Waals surface area contributed by atoms with E-state index in [-0.39, 0.29) is 17.4 Å². The molecule has 0 amide bonds. The van der Waals surface area contributed by atoms with Crippen LogP contribution in [0.4, 0.5) is 0 Å². The number of fused-ring (bicyclic) bond motifs is 1. The van der Waals surface area contributed by atoms with Gasteiger partial charge < -0.3 is 9.47 Å². The molecular formula is C22H29NO5S2. The second kappa shape index (κ2) is 9.49. The second-order valence-corrected chi connectivity index (χ2v) is 10.8. The van der Waals surface area contributed by atoms with E-state index in [2.05, 4.69) is 13.8 Å². The Labute approximate surface area is 182 Å². The zero-order chi connectivity index (χ0) is 21.9. The number of benzene rings is 1. The number of rotatable bonds is 7. The number of hydrogen-bond acceptors (Lipinski definition) is 6. The summed E-state index contributed by atoms with van der Waals surface area (Å²) in [5, 5.41) is 2.02. The first-order valence-corrected chi connectivity index (χ1v) is 12.4. The van der Waals surface area contributed by atoms with Crippen LogP contribution in [0, 0.1) is 5.92 Å². The Morgan fingerprint density at radius 1 is 1.20 bits per heavy atom. The lowest BCUT2D eigenvalue weighted by atomic mass is 9.86. The lowest BCUT2D eigenvalue weighted by Gasteiger charge is -2.32. The molecule has 2 aromatic rings. The van der Waals surface area contributed by atoms with Crippen LogP contribution in [0.5, 0.6) is 5.75 Å². The van der Waals surface area contributed by atoms with Crippen molar-refractivity contribution in [2.75, 3.05) is 20.8 Å². The molecule has 0 radical (unpaired) electrons. The molecule has 0 saturated heterocycles. The summed E-state index contributed by atoms with van der Waals surface area (Å²) in [5.74, 6) is 0.267. The van der Waals surface area contributed by atoms with Crippen LogP contribution >= 0.6 is 11.3 Å². The smallest absolute Gasteiger partial charge is 0.324 e. The predicted octanol–water partition coefficient (Wildman–Crippen LogP) is 4.07. The first-order chi connectivity index (χ1) is 14.3. The van der Waals surface area contributed by atoms with Gasteiger partial charge in [-0.2, -0.15) is 4.31 Å². The highest BCUT2D eigenvalue weighted by Gasteiger charge is 2.44. The Hall–Kier alpha value is -1.90. The van der Waals surface area contributed by atoms with Crippen molar-refractivity contribution < 1.29 is 22.7 Å². The Morgan fingerprint density at radius 3 is 2.50 bits per heavy atom. The van der Waals surface area contributed by atoms with Crippen LogP contribution in [-0.4, -0.2) is 45.5 Å². The van der Waals surface area contributed by atoms with E-state index >= 15 is 0 Å². The summed E-state index contributed by atoms with van der Waals surface area (Å²) < 4.78 is 38.8.